The van der Waals surface area contributed by atoms with Crippen molar-refractivity contribution in [1.82, 2.24) is 4.90 Å². The van der Waals surface area contributed by atoms with Crippen LogP contribution in [0.1, 0.15) is 49.4 Å². The molecule has 1 aromatic carbocycles. The van der Waals surface area contributed by atoms with E-state index in [4.69, 9.17) is 0 Å². The first-order chi connectivity index (χ1) is 15.0. The second-order valence-corrected chi connectivity index (χ2v) is 9.48. The minimum absolute atomic E-state index is 0.0304. The molecule has 0 aromatic heterocycles. The molecule has 2 saturated carbocycles. The van der Waals surface area contributed by atoms with Crippen LogP contribution in [-0.2, 0) is 14.4 Å². The van der Waals surface area contributed by atoms with Crippen molar-refractivity contribution in [3.8, 4) is 0 Å². The molecule has 1 saturated heterocycles. The van der Waals surface area contributed by atoms with E-state index in [1.54, 1.807) is 24.3 Å². The molecule has 6 atom stereocenters. The maximum absolute atomic E-state index is 12.9. The predicted molar refractivity (Wildman–Crippen MR) is 115 cm³/mol. The van der Waals surface area contributed by atoms with Crippen LogP contribution < -0.4 is 5.32 Å². The number of hydrogen-bond acceptors (Lipinski definition) is 4. The number of imide groups is 1. The molecule has 3 fully saturated rings. The van der Waals surface area contributed by atoms with E-state index in [0.717, 1.165) is 12.8 Å². The maximum atomic E-state index is 12.9. The van der Waals surface area contributed by atoms with Gasteiger partial charge >= 0.3 is 0 Å². The predicted octanol–water partition coefficient (Wildman–Crippen LogP) is 3.44. The van der Waals surface area contributed by atoms with Crippen LogP contribution in [0.15, 0.2) is 36.4 Å². The van der Waals surface area contributed by atoms with Crippen LogP contribution in [0.2, 0.25) is 0 Å². The van der Waals surface area contributed by atoms with Gasteiger partial charge in [-0.15, -0.1) is 0 Å². The zero-order chi connectivity index (χ0) is 21.7. The topological polar surface area (TPSA) is 83.6 Å². The Labute approximate surface area is 182 Å². The first-order valence-corrected chi connectivity index (χ1v) is 11.4. The molecule has 1 heterocycles. The summed E-state index contributed by atoms with van der Waals surface area (Å²) in [5, 5.41) is 2.83. The number of anilines is 1. The lowest BCUT2D eigenvalue weighted by Crippen LogP contribution is -2.40. The lowest BCUT2D eigenvalue weighted by Gasteiger charge is -2.37. The largest absolute Gasteiger partial charge is 0.326 e. The Kier molecular flexibility index (Phi) is 5.03. The van der Waals surface area contributed by atoms with Gasteiger partial charge in [0.15, 0.2) is 5.78 Å². The van der Waals surface area contributed by atoms with Gasteiger partial charge in [-0.05, 0) is 62.0 Å². The van der Waals surface area contributed by atoms with Crippen molar-refractivity contribution < 1.29 is 19.2 Å². The van der Waals surface area contributed by atoms with E-state index < -0.39 is 0 Å². The quantitative estimate of drug-likeness (QED) is 0.302. The number of carbonyl (C=O) groups excluding carboxylic acids is 4. The number of allylic oxidation sites excluding steroid dienone is 2. The summed E-state index contributed by atoms with van der Waals surface area (Å²) in [5.74, 6) is 1.48. The van der Waals surface area contributed by atoms with E-state index in [9.17, 15) is 19.2 Å². The van der Waals surface area contributed by atoms with Gasteiger partial charge in [-0.25, -0.2) is 0 Å². The second-order valence-electron chi connectivity index (χ2n) is 9.48. The molecule has 162 valence electrons. The molecule has 1 aromatic rings. The summed E-state index contributed by atoms with van der Waals surface area (Å²) in [6.07, 6.45) is 8.13. The summed E-state index contributed by atoms with van der Waals surface area (Å²) < 4.78 is 0. The van der Waals surface area contributed by atoms with Crippen molar-refractivity contribution in [3.05, 3.63) is 42.0 Å². The molecule has 0 radical (unpaired) electrons. The van der Waals surface area contributed by atoms with E-state index in [1.807, 2.05) is 0 Å². The number of benzene rings is 1. The smallest absolute Gasteiger partial charge is 0.233 e. The molecule has 31 heavy (non-hydrogen) atoms. The van der Waals surface area contributed by atoms with Gasteiger partial charge in [-0.2, -0.15) is 0 Å². The fourth-order valence-corrected chi connectivity index (χ4v) is 6.01. The Morgan fingerprint density at radius 1 is 1.00 bits per heavy atom. The number of rotatable bonds is 8. The standard InChI is InChI=1S/C25H28N2O4/c1-14(28)15-6-5-7-16(12-15)26-21(29)8-3-2-4-11-27-24(30)22-17-9-10-18(20-13-19(17)20)23(22)25(27)31/h5-7,9-10,12,17-20,22-23H,2-4,8,11,13H2,1H3,(H,26,29)/t17-,18-,19-,20-,22-,23+/m0/s1. The van der Waals surface area contributed by atoms with Crippen LogP contribution in [0.3, 0.4) is 0 Å². The lowest BCUT2D eigenvalue weighted by molar-refractivity contribution is -0.140. The molecule has 2 bridgehead atoms. The third kappa shape index (κ3) is 3.52. The number of nitrogens with zero attached hydrogens (tertiary/aromatic N) is 1. The normalized spacial score (nSPS) is 32.1. The summed E-state index contributed by atoms with van der Waals surface area (Å²) in [5.41, 5.74) is 1.19. The van der Waals surface area contributed by atoms with Crippen molar-refractivity contribution in [3.63, 3.8) is 0 Å². The van der Waals surface area contributed by atoms with Gasteiger partial charge in [0, 0.05) is 24.2 Å². The Bertz CT molecular complexity index is 947. The van der Waals surface area contributed by atoms with Crippen molar-refractivity contribution in [2.24, 2.45) is 35.5 Å². The van der Waals surface area contributed by atoms with Crippen LogP contribution in [-0.4, -0.2) is 34.9 Å². The van der Waals surface area contributed by atoms with Crippen molar-refractivity contribution >= 4 is 29.2 Å². The average molecular weight is 421 g/mol. The van der Waals surface area contributed by atoms with Crippen LogP contribution in [0.4, 0.5) is 5.69 Å². The first kappa shape index (κ1) is 20.2. The highest BCUT2D eigenvalue weighted by molar-refractivity contribution is 6.06. The zero-order valence-corrected chi connectivity index (χ0v) is 17.8. The first-order valence-electron chi connectivity index (χ1n) is 11.4. The third-order valence-electron chi connectivity index (χ3n) is 7.59. The van der Waals surface area contributed by atoms with Gasteiger partial charge in [0.05, 0.1) is 11.8 Å². The molecular formula is C25H28N2O4. The van der Waals surface area contributed by atoms with Crippen LogP contribution in [0.25, 0.3) is 0 Å². The van der Waals surface area contributed by atoms with Crippen LogP contribution in [0.5, 0.6) is 0 Å². The molecule has 1 aliphatic heterocycles. The summed E-state index contributed by atoms with van der Waals surface area (Å²) in [4.78, 5) is 51.0. The maximum Gasteiger partial charge on any atom is 0.233 e. The monoisotopic (exact) mass is 420 g/mol. The van der Waals surface area contributed by atoms with Crippen molar-refractivity contribution in [2.45, 2.75) is 39.0 Å². The second kappa shape index (κ2) is 7.74. The fraction of sp³-hybridized carbons (Fsp3) is 0.520. The number of likely N-dealkylation sites (tertiary alicyclic amines) is 1. The van der Waals surface area contributed by atoms with Gasteiger partial charge in [0.1, 0.15) is 0 Å². The van der Waals surface area contributed by atoms with Crippen LogP contribution >= 0.6 is 0 Å². The highest BCUT2D eigenvalue weighted by atomic mass is 16.2. The van der Waals surface area contributed by atoms with Gasteiger partial charge in [-0.1, -0.05) is 30.7 Å². The molecular weight excluding hydrogens is 392 g/mol. The molecule has 4 aliphatic carbocycles. The molecule has 5 aliphatic rings. The summed E-state index contributed by atoms with van der Waals surface area (Å²) in [6, 6.07) is 6.91. The third-order valence-corrected chi connectivity index (χ3v) is 7.59. The minimum atomic E-state index is -0.122. The van der Waals surface area contributed by atoms with E-state index in [1.165, 1.54) is 18.2 Å². The zero-order valence-electron chi connectivity index (χ0n) is 17.8. The van der Waals surface area contributed by atoms with Gasteiger partial charge < -0.3 is 5.32 Å². The molecule has 1 N–H and O–H groups in total. The summed E-state index contributed by atoms with van der Waals surface area (Å²) in [6.45, 7) is 1.96. The van der Waals surface area contributed by atoms with Gasteiger partial charge in [0.2, 0.25) is 17.7 Å². The number of amides is 3. The molecule has 0 spiro atoms. The highest BCUT2D eigenvalue weighted by Gasteiger charge is 2.66. The molecule has 6 rings (SSSR count). The number of ketones is 1. The fourth-order valence-electron chi connectivity index (χ4n) is 6.01. The van der Waals surface area contributed by atoms with E-state index >= 15 is 0 Å². The molecule has 3 amide bonds. The number of carbonyl (C=O) groups is 4. The Hall–Kier alpha value is -2.76. The van der Waals surface area contributed by atoms with E-state index in [-0.39, 0.29) is 47.2 Å². The van der Waals surface area contributed by atoms with Crippen molar-refractivity contribution in [1.29, 1.82) is 0 Å². The Balaban J connectivity index is 1.07. The van der Waals surface area contributed by atoms with Crippen LogP contribution in [0, 0.1) is 35.5 Å². The summed E-state index contributed by atoms with van der Waals surface area (Å²) in [7, 11) is 0. The number of unbranched alkanes of at least 4 members (excludes halogenated alkanes) is 2. The van der Waals surface area contributed by atoms with Gasteiger partial charge in [-0.3, -0.25) is 24.1 Å². The molecule has 0 unspecified atom stereocenters. The number of Topliss-reactive ketones (excluding diaryl/α,β-unsaturated/α-hetero) is 1. The number of nitrogens with one attached hydrogen (secondary N) is 1. The Morgan fingerprint density at radius 3 is 2.32 bits per heavy atom. The highest BCUT2D eigenvalue weighted by Crippen LogP contribution is 2.65. The average Bonchev–Trinajstić information content (AvgIpc) is 3.53. The SMILES string of the molecule is CC(=O)c1cccc(NC(=O)CCCCCN2C(=O)[C@@H]3[C@H]4C=C[C@@H]([C@@H]5C[C@@H]45)[C@@H]3C2=O)c1. The minimum Gasteiger partial charge on any atom is -0.326 e. The summed E-state index contributed by atoms with van der Waals surface area (Å²) >= 11 is 0. The molecule has 6 heteroatoms. The number of hydrogen-bond donors (Lipinski definition) is 1. The molecule has 6 nitrogen and oxygen atoms in total. The lowest BCUT2D eigenvalue weighted by atomic mass is 9.63. The Morgan fingerprint density at radius 2 is 1.68 bits per heavy atom. The van der Waals surface area contributed by atoms with E-state index in [2.05, 4.69) is 17.5 Å². The van der Waals surface area contributed by atoms with Crippen molar-refractivity contribution in [2.75, 3.05) is 11.9 Å². The van der Waals surface area contributed by atoms with E-state index in [0.29, 0.717) is 42.5 Å². The van der Waals surface area contributed by atoms with Gasteiger partial charge in [0.25, 0.3) is 0 Å².